The van der Waals surface area contributed by atoms with Crippen LogP contribution in [0.4, 0.5) is 0 Å². The van der Waals surface area contributed by atoms with Gasteiger partial charge in [-0.15, -0.1) is 0 Å². The van der Waals surface area contributed by atoms with E-state index in [9.17, 15) is 20.1 Å². The van der Waals surface area contributed by atoms with Gasteiger partial charge in [0, 0.05) is 44.2 Å². The fraction of sp³-hybridized carbons (Fsp3) is 0.516. The predicted octanol–water partition coefficient (Wildman–Crippen LogP) is 2.82. The fourth-order valence-corrected chi connectivity index (χ4v) is 6.04. The van der Waals surface area contributed by atoms with Crippen LogP contribution in [0, 0.1) is 0 Å². The number of aliphatic hydroxyl groups is 2. The van der Waals surface area contributed by atoms with Crippen LogP contribution in [-0.2, 0) is 24.0 Å². The first-order chi connectivity index (χ1) is 18.9. The zero-order valence-corrected chi connectivity index (χ0v) is 22.6. The minimum Gasteiger partial charge on any atom is -0.506 e. The number of fused-ring (bicyclic) bond motifs is 2. The Bertz CT molecular complexity index is 1320. The lowest BCUT2D eigenvalue weighted by molar-refractivity contribution is -0.0266. The van der Waals surface area contributed by atoms with Gasteiger partial charge in [-0.3, -0.25) is 4.79 Å². The molecule has 1 aliphatic heterocycles. The number of piperidine rings is 1. The maximum Gasteiger partial charge on any atom is 0.248 e. The molecular weight excluding hydrogens is 494 g/mol. The second kappa shape index (κ2) is 12.6. The first-order valence-corrected chi connectivity index (χ1v) is 14.3. The number of aliphatic hydroxyl groups excluding tert-OH is 1. The number of hydrogen-bond acceptors (Lipinski definition) is 7. The molecule has 0 saturated carbocycles. The van der Waals surface area contributed by atoms with Gasteiger partial charge < -0.3 is 35.3 Å². The summed E-state index contributed by atoms with van der Waals surface area (Å²) >= 11 is 0. The maximum absolute atomic E-state index is 11.6. The number of hydrogen-bond donors (Lipinski definition) is 5. The van der Waals surface area contributed by atoms with E-state index in [-0.39, 0.29) is 17.9 Å². The molecule has 8 nitrogen and oxygen atoms in total. The number of nitrogens with zero attached hydrogens (tertiary/aromatic N) is 1. The number of aromatic hydroxyl groups is 1. The summed E-state index contributed by atoms with van der Waals surface area (Å²) in [7, 11) is 0. The molecule has 5 rings (SSSR count). The number of aryl methyl sites for hydroxylation is 1. The minimum atomic E-state index is -0.846. The van der Waals surface area contributed by atoms with Gasteiger partial charge in [-0.25, -0.2) is 0 Å². The SMILES string of the molecule is O=c1ccc2c(C(O)CNCC3(O)CCN(CCOCCc4cccc5c4CCCC5)CC3)ccc(O)c2[nH]1. The number of aromatic nitrogens is 1. The predicted molar refractivity (Wildman–Crippen MR) is 152 cm³/mol. The van der Waals surface area contributed by atoms with E-state index in [4.69, 9.17) is 4.74 Å². The smallest absolute Gasteiger partial charge is 0.248 e. The van der Waals surface area contributed by atoms with Gasteiger partial charge in [-0.2, -0.15) is 0 Å². The minimum absolute atomic E-state index is 0.0344. The molecule has 0 amide bonds. The monoisotopic (exact) mass is 535 g/mol. The Labute approximate surface area is 229 Å². The number of aromatic amines is 1. The van der Waals surface area contributed by atoms with Crippen molar-refractivity contribution < 1.29 is 20.1 Å². The Hall–Kier alpha value is -2.75. The molecule has 210 valence electrons. The molecule has 2 aliphatic rings. The number of benzene rings is 2. The zero-order valence-electron chi connectivity index (χ0n) is 22.6. The third kappa shape index (κ3) is 6.88. The molecule has 1 saturated heterocycles. The Kier molecular flexibility index (Phi) is 8.99. The van der Waals surface area contributed by atoms with Gasteiger partial charge in [0.25, 0.3) is 0 Å². The fourth-order valence-electron chi connectivity index (χ4n) is 6.04. The van der Waals surface area contributed by atoms with Crippen molar-refractivity contribution in [3.05, 3.63) is 75.1 Å². The largest absolute Gasteiger partial charge is 0.506 e. The van der Waals surface area contributed by atoms with Crippen molar-refractivity contribution in [3.8, 4) is 5.75 Å². The highest BCUT2D eigenvalue weighted by atomic mass is 16.5. The molecule has 3 aromatic rings. The summed E-state index contributed by atoms with van der Waals surface area (Å²) in [6.45, 7) is 4.58. The van der Waals surface area contributed by atoms with Crippen molar-refractivity contribution in [1.82, 2.24) is 15.2 Å². The van der Waals surface area contributed by atoms with Crippen molar-refractivity contribution in [3.63, 3.8) is 0 Å². The van der Waals surface area contributed by atoms with E-state index < -0.39 is 11.7 Å². The van der Waals surface area contributed by atoms with Gasteiger partial charge >= 0.3 is 0 Å². The highest BCUT2D eigenvalue weighted by molar-refractivity contribution is 5.87. The summed E-state index contributed by atoms with van der Waals surface area (Å²) in [6.07, 6.45) is 6.45. The van der Waals surface area contributed by atoms with E-state index in [1.807, 2.05) is 0 Å². The Morgan fingerprint density at radius 3 is 2.72 bits per heavy atom. The summed E-state index contributed by atoms with van der Waals surface area (Å²) in [4.78, 5) is 16.6. The molecule has 1 unspecified atom stereocenters. The first-order valence-electron chi connectivity index (χ1n) is 14.3. The second-order valence-electron chi connectivity index (χ2n) is 11.1. The number of rotatable bonds is 11. The average molecular weight is 536 g/mol. The third-order valence-corrected chi connectivity index (χ3v) is 8.40. The summed E-state index contributed by atoms with van der Waals surface area (Å²) in [5.41, 5.74) is 4.32. The molecule has 0 bridgehead atoms. The Morgan fingerprint density at radius 1 is 1.05 bits per heavy atom. The number of pyridine rings is 1. The van der Waals surface area contributed by atoms with Gasteiger partial charge in [-0.1, -0.05) is 24.3 Å². The lowest BCUT2D eigenvalue weighted by Crippen LogP contribution is -2.50. The summed E-state index contributed by atoms with van der Waals surface area (Å²) in [5, 5.41) is 35.7. The molecule has 0 spiro atoms. The van der Waals surface area contributed by atoms with Gasteiger partial charge in [0.1, 0.15) is 5.75 Å². The van der Waals surface area contributed by atoms with E-state index in [0.717, 1.165) is 32.7 Å². The molecule has 2 heterocycles. The summed E-state index contributed by atoms with van der Waals surface area (Å²) in [6, 6.07) is 12.8. The van der Waals surface area contributed by atoms with Crippen LogP contribution in [0.15, 0.2) is 47.3 Å². The van der Waals surface area contributed by atoms with E-state index in [1.54, 1.807) is 17.7 Å². The van der Waals surface area contributed by atoms with Crippen molar-refractivity contribution in [2.75, 3.05) is 45.9 Å². The Morgan fingerprint density at radius 2 is 1.87 bits per heavy atom. The average Bonchev–Trinajstić information content (AvgIpc) is 2.94. The van der Waals surface area contributed by atoms with Gasteiger partial charge in [0.15, 0.2) is 0 Å². The van der Waals surface area contributed by atoms with Crippen molar-refractivity contribution in [1.29, 1.82) is 0 Å². The van der Waals surface area contributed by atoms with Crippen molar-refractivity contribution in [2.45, 2.75) is 56.7 Å². The van der Waals surface area contributed by atoms with Crippen LogP contribution in [0.3, 0.4) is 0 Å². The molecule has 1 atom stereocenters. The molecular formula is C31H41N3O5. The van der Waals surface area contributed by atoms with Crippen LogP contribution < -0.4 is 10.9 Å². The highest BCUT2D eigenvalue weighted by Gasteiger charge is 2.32. The second-order valence-corrected chi connectivity index (χ2v) is 11.1. The number of nitrogens with one attached hydrogen (secondary N) is 2. The molecule has 1 fully saturated rings. The maximum atomic E-state index is 11.6. The number of phenolic OH excluding ortho intramolecular Hbond substituents is 1. The first kappa shape index (κ1) is 27.8. The number of H-pyrrole nitrogens is 1. The molecule has 5 N–H and O–H groups in total. The highest BCUT2D eigenvalue weighted by Crippen LogP contribution is 2.29. The van der Waals surface area contributed by atoms with E-state index in [2.05, 4.69) is 33.4 Å². The van der Waals surface area contributed by atoms with Gasteiger partial charge in [0.2, 0.25) is 5.56 Å². The van der Waals surface area contributed by atoms with Crippen LogP contribution in [0.25, 0.3) is 10.9 Å². The third-order valence-electron chi connectivity index (χ3n) is 8.40. The summed E-state index contributed by atoms with van der Waals surface area (Å²) < 4.78 is 5.98. The number of phenols is 1. The number of likely N-dealkylation sites (tertiary alicyclic amines) is 1. The van der Waals surface area contributed by atoms with Crippen LogP contribution in [0.2, 0.25) is 0 Å². The van der Waals surface area contributed by atoms with Crippen LogP contribution >= 0.6 is 0 Å². The Balaban J connectivity index is 1.01. The standard InChI is InChI=1S/C31H41N3O5/c35-27-10-8-25(26-9-11-29(37)33-30(26)27)28(36)20-32-21-31(38)13-15-34(16-14-31)17-19-39-18-12-23-6-3-5-22-4-1-2-7-24(22)23/h3,5-6,8-11,28,32,35-36,38H,1-2,4,7,12-21H2,(H,33,37). The topological polar surface area (TPSA) is 118 Å². The van der Waals surface area contributed by atoms with Crippen molar-refractivity contribution in [2.24, 2.45) is 0 Å². The molecule has 8 heteroatoms. The number of ether oxygens (including phenoxy) is 1. The normalized spacial score (nSPS) is 18.2. The van der Waals surface area contributed by atoms with E-state index in [0.29, 0.717) is 42.5 Å². The molecule has 2 aromatic carbocycles. The quantitative estimate of drug-likeness (QED) is 0.240. The molecule has 0 radical (unpaired) electrons. The van der Waals surface area contributed by atoms with Gasteiger partial charge in [-0.05, 0) is 79.3 Å². The van der Waals surface area contributed by atoms with Crippen LogP contribution in [-0.4, -0.2) is 76.7 Å². The summed E-state index contributed by atoms with van der Waals surface area (Å²) in [5.74, 6) is -0.0344. The van der Waals surface area contributed by atoms with Crippen LogP contribution in [0.1, 0.15) is 54.0 Å². The van der Waals surface area contributed by atoms with Crippen LogP contribution in [0.5, 0.6) is 5.75 Å². The van der Waals surface area contributed by atoms with Crippen molar-refractivity contribution >= 4 is 10.9 Å². The molecule has 39 heavy (non-hydrogen) atoms. The van der Waals surface area contributed by atoms with Gasteiger partial charge in [0.05, 0.1) is 30.4 Å². The lowest BCUT2D eigenvalue weighted by atomic mass is 9.87. The molecule has 1 aromatic heterocycles. The zero-order chi connectivity index (χ0) is 27.2. The lowest BCUT2D eigenvalue weighted by Gasteiger charge is -2.38. The van der Waals surface area contributed by atoms with E-state index >= 15 is 0 Å². The van der Waals surface area contributed by atoms with E-state index in [1.165, 1.54) is 48.9 Å². The molecule has 1 aliphatic carbocycles.